The van der Waals surface area contributed by atoms with E-state index in [0.717, 1.165) is 17.6 Å². The maximum atomic E-state index is 13.9. The third-order valence-electron chi connectivity index (χ3n) is 8.37. The summed E-state index contributed by atoms with van der Waals surface area (Å²) in [5, 5.41) is 10.2. The van der Waals surface area contributed by atoms with E-state index in [0.29, 0.717) is 34.4 Å². The number of phenols is 1. The smallest absolute Gasteiger partial charge is 0.238 e. The number of rotatable bonds is 3. The minimum Gasteiger partial charge on any atom is -0.508 e. The van der Waals surface area contributed by atoms with Crippen molar-refractivity contribution in [3.63, 3.8) is 0 Å². The van der Waals surface area contributed by atoms with E-state index in [1.165, 1.54) is 11.0 Å². The van der Waals surface area contributed by atoms with E-state index in [9.17, 15) is 24.3 Å². The molecule has 1 aliphatic heterocycles. The molecule has 2 aromatic carbocycles. The van der Waals surface area contributed by atoms with Crippen molar-refractivity contribution in [2.24, 2.45) is 17.8 Å². The van der Waals surface area contributed by atoms with E-state index in [1.54, 1.807) is 25.1 Å². The van der Waals surface area contributed by atoms with Gasteiger partial charge in [0.2, 0.25) is 11.8 Å². The van der Waals surface area contributed by atoms with E-state index in [2.05, 4.69) is 0 Å². The molecule has 37 heavy (non-hydrogen) atoms. The summed E-state index contributed by atoms with van der Waals surface area (Å²) < 4.78 is 0. The number of fused-ring (bicyclic) bond motifs is 3. The van der Waals surface area contributed by atoms with Crippen molar-refractivity contribution in [3.05, 3.63) is 94.1 Å². The lowest BCUT2D eigenvalue weighted by atomic mass is 9.59. The number of amides is 2. The predicted molar refractivity (Wildman–Crippen MR) is 138 cm³/mol. The molecule has 1 heterocycles. The van der Waals surface area contributed by atoms with Crippen molar-refractivity contribution in [3.8, 4) is 5.75 Å². The van der Waals surface area contributed by atoms with E-state index in [-0.39, 0.29) is 41.5 Å². The van der Waals surface area contributed by atoms with E-state index >= 15 is 0 Å². The number of phenolic OH excluding ortho intramolecular Hbond substituents is 1. The first kappa shape index (κ1) is 23.3. The lowest BCUT2D eigenvalue weighted by Crippen LogP contribution is -2.39. The second kappa shape index (κ2) is 8.51. The molecule has 6 nitrogen and oxygen atoms in total. The summed E-state index contributed by atoms with van der Waals surface area (Å²) in [7, 11) is 0. The second-order valence-electron chi connectivity index (χ2n) is 10.4. The molecule has 4 aliphatic rings. The van der Waals surface area contributed by atoms with Crippen LogP contribution in [0.4, 0.5) is 5.69 Å². The summed E-state index contributed by atoms with van der Waals surface area (Å²) in [5.74, 6) is -2.87. The highest BCUT2D eigenvalue weighted by molar-refractivity contribution is 6.25. The van der Waals surface area contributed by atoms with E-state index in [4.69, 9.17) is 0 Å². The Hall–Kier alpha value is -4.06. The predicted octanol–water partition coefficient (Wildman–Crippen LogP) is 4.59. The first-order chi connectivity index (χ1) is 17.8. The number of benzene rings is 2. The lowest BCUT2D eigenvalue weighted by molar-refractivity contribution is -0.123. The Morgan fingerprint density at radius 1 is 0.973 bits per heavy atom. The molecule has 0 bridgehead atoms. The number of ketones is 2. The van der Waals surface area contributed by atoms with Gasteiger partial charge in [-0.2, -0.15) is 0 Å². The number of carbonyl (C=O) groups excluding carboxylic acids is 4. The third-order valence-corrected chi connectivity index (χ3v) is 8.37. The molecular weight excluding hydrogens is 466 g/mol. The molecule has 0 saturated carbocycles. The first-order valence-electron chi connectivity index (χ1n) is 12.8. The molecular formula is C31H27NO5. The lowest BCUT2D eigenvalue weighted by Gasteiger charge is -2.42. The zero-order valence-corrected chi connectivity index (χ0v) is 20.7. The Balaban J connectivity index is 1.46. The number of Topliss-reactive ketones (excluding diaryl/α,β-unsaturated/α-hetero) is 1. The first-order valence-corrected chi connectivity index (χ1v) is 12.8. The normalized spacial score (nSPS) is 27.0. The number of hydrogen-bond acceptors (Lipinski definition) is 5. The van der Waals surface area contributed by atoms with Crippen LogP contribution in [-0.2, 0) is 25.6 Å². The summed E-state index contributed by atoms with van der Waals surface area (Å²) >= 11 is 0. The molecule has 186 valence electrons. The number of hydrogen-bond donors (Lipinski definition) is 1. The van der Waals surface area contributed by atoms with E-state index in [1.807, 2.05) is 43.3 Å². The molecule has 0 radical (unpaired) electrons. The van der Waals surface area contributed by atoms with Gasteiger partial charge in [-0.25, -0.2) is 0 Å². The molecule has 0 spiro atoms. The van der Waals surface area contributed by atoms with Crippen molar-refractivity contribution in [2.75, 3.05) is 4.90 Å². The fourth-order valence-electron chi connectivity index (χ4n) is 6.58. The zero-order chi connectivity index (χ0) is 26.0. The Kier molecular flexibility index (Phi) is 5.37. The van der Waals surface area contributed by atoms with Crippen LogP contribution in [0.1, 0.15) is 43.7 Å². The molecule has 4 atom stereocenters. The molecule has 6 rings (SSSR count). The summed E-state index contributed by atoms with van der Waals surface area (Å²) in [6, 6.07) is 14.2. The SMILES string of the molecule is CCc1ccc(N2C(=O)[C@H]3[C@H](CC=C4[C@H](c5cccc(O)c5)C5=C(C[C@H]43)C(=O)C=C(C)C5=O)C2=O)cc1. The number of imide groups is 1. The van der Waals surface area contributed by atoms with Gasteiger partial charge in [0, 0.05) is 22.6 Å². The van der Waals surface area contributed by atoms with Crippen LogP contribution in [0.3, 0.4) is 0 Å². The Bertz CT molecular complexity index is 1480. The topological polar surface area (TPSA) is 91.8 Å². The summed E-state index contributed by atoms with van der Waals surface area (Å²) in [6.45, 7) is 3.69. The number of carbonyl (C=O) groups is 4. The fraction of sp³-hybridized carbons (Fsp3) is 0.290. The van der Waals surface area contributed by atoms with Gasteiger partial charge in [-0.15, -0.1) is 0 Å². The molecule has 2 amide bonds. The minimum atomic E-state index is -0.609. The van der Waals surface area contributed by atoms with Crippen molar-refractivity contribution in [1.29, 1.82) is 0 Å². The number of nitrogens with zero attached hydrogens (tertiary/aromatic N) is 1. The van der Waals surface area contributed by atoms with Crippen molar-refractivity contribution >= 4 is 29.1 Å². The number of aryl methyl sites for hydroxylation is 1. The molecule has 3 aliphatic carbocycles. The van der Waals surface area contributed by atoms with Crippen molar-refractivity contribution < 1.29 is 24.3 Å². The summed E-state index contributed by atoms with van der Waals surface area (Å²) in [4.78, 5) is 55.2. The summed E-state index contributed by atoms with van der Waals surface area (Å²) in [5.41, 5.74) is 4.49. The average molecular weight is 494 g/mol. The molecule has 1 saturated heterocycles. The maximum Gasteiger partial charge on any atom is 0.238 e. The largest absolute Gasteiger partial charge is 0.508 e. The number of aromatic hydroxyl groups is 1. The fourth-order valence-corrected chi connectivity index (χ4v) is 6.58. The van der Waals surface area contributed by atoms with Gasteiger partial charge in [0.1, 0.15) is 5.75 Å². The van der Waals surface area contributed by atoms with E-state index < -0.39 is 17.8 Å². The van der Waals surface area contributed by atoms with Crippen LogP contribution in [0, 0.1) is 17.8 Å². The van der Waals surface area contributed by atoms with Gasteiger partial charge in [-0.3, -0.25) is 24.1 Å². The standard InChI is InChI=1S/C31H27NO5/c1-3-17-7-9-19(10-8-17)32-30(36)22-12-11-21-23(27(22)31(32)37)15-24-25(34)13-16(2)29(35)28(24)26(21)18-5-4-6-20(33)14-18/h4-11,13-14,22-23,26-27,33H,3,12,15H2,1-2H3/t22-,23+,26-,27-/m0/s1. The average Bonchev–Trinajstić information content (AvgIpc) is 3.16. The number of anilines is 1. The van der Waals surface area contributed by atoms with Crippen LogP contribution in [0.15, 0.2) is 83.0 Å². The van der Waals surface area contributed by atoms with Crippen LogP contribution in [0.25, 0.3) is 0 Å². The van der Waals surface area contributed by atoms with Gasteiger partial charge in [0.15, 0.2) is 11.6 Å². The highest BCUT2D eigenvalue weighted by atomic mass is 16.3. The molecule has 1 N–H and O–H groups in total. The molecule has 0 aromatic heterocycles. The molecule has 1 fully saturated rings. The van der Waals surface area contributed by atoms with Crippen LogP contribution in [0.5, 0.6) is 5.75 Å². The van der Waals surface area contributed by atoms with Crippen LogP contribution < -0.4 is 4.90 Å². The second-order valence-corrected chi connectivity index (χ2v) is 10.4. The molecule has 0 unspecified atom stereocenters. The summed E-state index contributed by atoms with van der Waals surface area (Å²) in [6.07, 6.45) is 4.86. The van der Waals surface area contributed by atoms with Crippen molar-refractivity contribution in [2.45, 2.75) is 39.0 Å². The van der Waals surface area contributed by atoms with Crippen molar-refractivity contribution in [1.82, 2.24) is 0 Å². The van der Waals surface area contributed by atoms with Gasteiger partial charge < -0.3 is 5.11 Å². The Morgan fingerprint density at radius 2 is 1.73 bits per heavy atom. The van der Waals surface area contributed by atoms with Crippen LogP contribution in [0.2, 0.25) is 0 Å². The van der Waals surface area contributed by atoms with Crippen LogP contribution >= 0.6 is 0 Å². The highest BCUT2D eigenvalue weighted by Crippen LogP contribution is 2.55. The molecule has 2 aromatic rings. The Morgan fingerprint density at radius 3 is 2.43 bits per heavy atom. The van der Waals surface area contributed by atoms with Crippen LogP contribution in [-0.4, -0.2) is 28.5 Å². The Labute approximate surface area is 215 Å². The highest BCUT2D eigenvalue weighted by Gasteiger charge is 2.56. The van der Waals surface area contributed by atoms with Gasteiger partial charge >= 0.3 is 0 Å². The quantitative estimate of drug-likeness (QED) is 0.384. The minimum absolute atomic E-state index is 0.0618. The third kappa shape index (κ3) is 3.46. The van der Waals surface area contributed by atoms with Gasteiger partial charge in [-0.05, 0) is 73.6 Å². The van der Waals surface area contributed by atoms with Gasteiger partial charge in [0.05, 0.1) is 17.5 Å². The molecule has 6 heteroatoms. The monoisotopic (exact) mass is 493 g/mol. The maximum absolute atomic E-state index is 13.9. The number of allylic oxidation sites excluding steroid dienone is 6. The van der Waals surface area contributed by atoms with Gasteiger partial charge in [-0.1, -0.05) is 42.8 Å². The zero-order valence-electron chi connectivity index (χ0n) is 20.7. The van der Waals surface area contributed by atoms with Gasteiger partial charge in [0.25, 0.3) is 0 Å².